The topological polar surface area (TPSA) is 29.5 Å². The third kappa shape index (κ3) is 6.05. The summed E-state index contributed by atoms with van der Waals surface area (Å²) < 4.78 is 5.25. The van der Waals surface area contributed by atoms with Crippen LogP contribution in [0.15, 0.2) is 0 Å². The van der Waals surface area contributed by atoms with Gasteiger partial charge in [-0.25, -0.2) is 0 Å². The molecule has 1 atom stereocenters. The number of aliphatic hydroxyl groups is 1. The summed E-state index contributed by atoms with van der Waals surface area (Å²) in [5.41, 5.74) is 0. The number of aliphatic hydroxyl groups excluding tert-OH is 1. The van der Waals surface area contributed by atoms with Gasteiger partial charge in [0.15, 0.2) is 0 Å². The monoisotopic (exact) mass is 146 g/mol. The molecule has 0 aromatic heterocycles. The fourth-order valence-corrected chi connectivity index (χ4v) is 0.558. The average molecular weight is 146 g/mol. The Hall–Kier alpha value is -0.0800. The zero-order valence-corrected chi connectivity index (χ0v) is 7.13. The molecular weight excluding hydrogens is 128 g/mol. The molecule has 0 radical (unpaired) electrons. The SMILES string of the molecule is CC(C)CCOC(C)CO. The molecule has 10 heavy (non-hydrogen) atoms. The Balaban J connectivity index is 3.03. The molecule has 0 heterocycles. The van der Waals surface area contributed by atoms with Gasteiger partial charge in [0, 0.05) is 6.61 Å². The molecule has 0 rings (SSSR count). The Morgan fingerprint density at radius 2 is 1.90 bits per heavy atom. The van der Waals surface area contributed by atoms with Gasteiger partial charge in [-0.1, -0.05) is 13.8 Å². The standard InChI is InChI=1S/C8H18O2/c1-7(2)4-5-10-8(3)6-9/h7-9H,4-6H2,1-3H3. The summed E-state index contributed by atoms with van der Waals surface area (Å²) in [6.07, 6.45) is 1.07. The highest BCUT2D eigenvalue weighted by Gasteiger charge is 1.99. The van der Waals surface area contributed by atoms with Gasteiger partial charge in [-0.2, -0.15) is 0 Å². The maximum absolute atomic E-state index is 8.58. The van der Waals surface area contributed by atoms with Crippen molar-refractivity contribution in [1.82, 2.24) is 0 Å². The van der Waals surface area contributed by atoms with Crippen molar-refractivity contribution in [3.8, 4) is 0 Å². The maximum atomic E-state index is 8.58. The van der Waals surface area contributed by atoms with Crippen molar-refractivity contribution in [2.24, 2.45) is 5.92 Å². The first-order chi connectivity index (χ1) is 4.66. The van der Waals surface area contributed by atoms with Gasteiger partial charge in [-0.15, -0.1) is 0 Å². The van der Waals surface area contributed by atoms with E-state index in [-0.39, 0.29) is 12.7 Å². The molecule has 1 unspecified atom stereocenters. The quantitative estimate of drug-likeness (QED) is 0.635. The van der Waals surface area contributed by atoms with E-state index in [2.05, 4.69) is 13.8 Å². The van der Waals surface area contributed by atoms with Gasteiger partial charge in [0.2, 0.25) is 0 Å². The summed E-state index contributed by atoms with van der Waals surface area (Å²) >= 11 is 0. The van der Waals surface area contributed by atoms with E-state index in [0.29, 0.717) is 5.92 Å². The van der Waals surface area contributed by atoms with Crippen LogP contribution in [0, 0.1) is 5.92 Å². The summed E-state index contributed by atoms with van der Waals surface area (Å²) in [5, 5.41) is 8.58. The van der Waals surface area contributed by atoms with Gasteiger partial charge in [-0.05, 0) is 19.3 Å². The second-order valence-corrected chi connectivity index (χ2v) is 3.05. The Bertz CT molecular complexity index is 71.7. The number of hydrogen-bond donors (Lipinski definition) is 1. The molecule has 0 aromatic carbocycles. The van der Waals surface area contributed by atoms with Crippen molar-refractivity contribution in [3.63, 3.8) is 0 Å². The fraction of sp³-hybridized carbons (Fsp3) is 1.00. The molecule has 0 amide bonds. The third-order valence-electron chi connectivity index (χ3n) is 1.35. The second-order valence-electron chi connectivity index (χ2n) is 3.05. The third-order valence-corrected chi connectivity index (χ3v) is 1.35. The van der Waals surface area contributed by atoms with Crippen molar-refractivity contribution >= 4 is 0 Å². The zero-order valence-electron chi connectivity index (χ0n) is 7.13. The van der Waals surface area contributed by atoms with Gasteiger partial charge in [0.25, 0.3) is 0 Å². The molecule has 0 saturated carbocycles. The predicted molar refractivity (Wildman–Crippen MR) is 42.0 cm³/mol. The maximum Gasteiger partial charge on any atom is 0.0777 e. The molecule has 0 aromatic rings. The van der Waals surface area contributed by atoms with Crippen LogP contribution in [0.1, 0.15) is 27.2 Å². The van der Waals surface area contributed by atoms with Crippen molar-refractivity contribution in [3.05, 3.63) is 0 Å². The molecule has 0 saturated heterocycles. The Labute approximate surface area is 63.2 Å². The Morgan fingerprint density at radius 1 is 1.30 bits per heavy atom. The number of hydrogen-bond acceptors (Lipinski definition) is 2. The van der Waals surface area contributed by atoms with E-state index < -0.39 is 0 Å². The molecule has 0 aliphatic rings. The Kier molecular flexibility index (Phi) is 5.64. The second kappa shape index (κ2) is 5.69. The highest BCUT2D eigenvalue weighted by molar-refractivity contribution is 4.47. The van der Waals surface area contributed by atoms with E-state index in [1.54, 1.807) is 0 Å². The van der Waals surface area contributed by atoms with Crippen LogP contribution in [-0.2, 0) is 4.74 Å². The van der Waals surface area contributed by atoms with E-state index in [9.17, 15) is 0 Å². The lowest BCUT2D eigenvalue weighted by Gasteiger charge is -2.10. The minimum atomic E-state index is -0.00116. The van der Waals surface area contributed by atoms with Gasteiger partial charge in [-0.3, -0.25) is 0 Å². The normalized spacial score (nSPS) is 14.1. The summed E-state index contributed by atoms with van der Waals surface area (Å²) in [5.74, 6) is 0.686. The van der Waals surface area contributed by atoms with Crippen LogP contribution < -0.4 is 0 Å². The average Bonchev–Trinajstić information content (AvgIpc) is 1.87. The smallest absolute Gasteiger partial charge is 0.0777 e. The molecule has 0 aliphatic carbocycles. The summed E-state index contributed by atoms with van der Waals surface area (Å²) in [6, 6.07) is 0. The zero-order chi connectivity index (χ0) is 7.98. The molecule has 0 spiro atoms. The van der Waals surface area contributed by atoms with E-state index in [1.165, 1.54) is 0 Å². The first kappa shape index (κ1) is 9.92. The molecule has 0 aliphatic heterocycles. The lowest BCUT2D eigenvalue weighted by molar-refractivity contribution is 0.0201. The summed E-state index contributed by atoms with van der Waals surface area (Å²) in [4.78, 5) is 0. The fourth-order valence-electron chi connectivity index (χ4n) is 0.558. The first-order valence-corrected chi connectivity index (χ1v) is 3.89. The minimum absolute atomic E-state index is 0.00116. The number of ether oxygens (including phenoxy) is 1. The van der Waals surface area contributed by atoms with E-state index in [0.717, 1.165) is 13.0 Å². The van der Waals surface area contributed by atoms with Crippen LogP contribution in [0.2, 0.25) is 0 Å². The van der Waals surface area contributed by atoms with Crippen LogP contribution in [0.3, 0.4) is 0 Å². The molecular formula is C8H18O2. The van der Waals surface area contributed by atoms with Gasteiger partial charge < -0.3 is 9.84 Å². The lowest BCUT2D eigenvalue weighted by Crippen LogP contribution is -2.14. The molecule has 62 valence electrons. The molecule has 0 bridgehead atoms. The van der Waals surface area contributed by atoms with Crippen molar-refractivity contribution in [2.75, 3.05) is 13.2 Å². The first-order valence-electron chi connectivity index (χ1n) is 3.89. The van der Waals surface area contributed by atoms with Crippen LogP contribution >= 0.6 is 0 Å². The molecule has 2 nitrogen and oxygen atoms in total. The highest BCUT2D eigenvalue weighted by Crippen LogP contribution is 2.00. The molecule has 0 fully saturated rings. The minimum Gasteiger partial charge on any atom is -0.394 e. The van der Waals surface area contributed by atoms with Crippen molar-refractivity contribution < 1.29 is 9.84 Å². The summed E-state index contributed by atoms with van der Waals surface area (Å²) in [7, 11) is 0. The lowest BCUT2D eigenvalue weighted by atomic mass is 10.1. The predicted octanol–water partition coefficient (Wildman–Crippen LogP) is 1.43. The van der Waals surface area contributed by atoms with E-state index >= 15 is 0 Å². The van der Waals surface area contributed by atoms with Crippen LogP contribution in [0.4, 0.5) is 0 Å². The van der Waals surface area contributed by atoms with Gasteiger partial charge in [0.05, 0.1) is 12.7 Å². The number of rotatable bonds is 5. The summed E-state index contributed by atoms with van der Waals surface area (Å²) in [6.45, 7) is 7.08. The van der Waals surface area contributed by atoms with Crippen LogP contribution in [0.5, 0.6) is 0 Å². The van der Waals surface area contributed by atoms with E-state index in [1.807, 2.05) is 6.92 Å². The molecule has 2 heteroatoms. The Morgan fingerprint density at radius 3 is 2.30 bits per heavy atom. The van der Waals surface area contributed by atoms with Gasteiger partial charge >= 0.3 is 0 Å². The van der Waals surface area contributed by atoms with E-state index in [4.69, 9.17) is 9.84 Å². The molecule has 1 N–H and O–H groups in total. The van der Waals surface area contributed by atoms with Crippen LogP contribution in [0.25, 0.3) is 0 Å². The van der Waals surface area contributed by atoms with Gasteiger partial charge in [0.1, 0.15) is 0 Å². The largest absolute Gasteiger partial charge is 0.394 e. The highest BCUT2D eigenvalue weighted by atomic mass is 16.5. The van der Waals surface area contributed by atoms with Crippen molar-refractivity contribution in [2.45, 2.75) is 33.3 Å². The van der Waals surface area contributed by atoms with Crippen LogP contribution in [-0.4, -0.2) is 24.4 Å². The van der Waals surface area contributed by atoms with Crippen molar-refractivity contribution in [1.29, 1.82) is 0 Å².